The summed E-state index contributed by atoms with van der Waals surface area (Å²) in [4.78, 5) is 0. The second-order valence-corrected chi connectivity index (χ2v) is 4.55. The first-order chi connectivity index (χ1) is 7.70. The molecule has 0 saturated carbocycles. The molecule has 0 fully saturated rings. The van der Waals surface area contributed by atoms with E-state index in [1.807, 2.05) is 0 Å². The highest BCUT2D eigenvalue weighted by Gasteiger charge is 2.04. The van der Waals surface area contributed by atoms with Crippen molar-refractivity contribution in [1.29, 1.82) is 0 Å². The Morgan fingerprint density at radius 3 is 2.19 bits per heavy atom. The smallest absolute Gasteiger partial charge is 0.0438 e. The predicted octanol–water partition coefficient (Wildman–Crippen LogP) is 3.52. The lowest BCUT2D eigenvalue weighted by atomic mass is 9.94. The molecule has 2 unspecified atom stereocenters. The molecule has 4 nitrogen and oxygen atoms in total. The molecule has 0 aromatic carbocycles. The average molecular weight is 228 g/mol. The molecule has 0 aliphatic rings. The van der Waals surface area contributed by atoms with Gasteiger partial charge in [-0.25, -0.2) is 0 Å². The first-order valence-corrected chi connectivity index (χ1v) is 6.02. The fourth-order valence-electron chi connectivity index (χ4n) is 1.72. The van der Waals surface area contributed by atoms with Gasteiger partial charge in [-0.2, -0.15) is 0 Å². The molecule has 0 spiro atoms. The molecule has 0 aliphatic carbocycles. The summed E-state index contributed by atoms with van der Waals surface area (Å²) >= 11 is 0. The fraction of sp³-hybridized carbons (Fsp3) is 0.833. The van der Waals surface area contributed by atoms with Crippen molar-refractivity contribution in [2.45, 2.75) is 52.4 Å². The minimum absolute atomic E-state index is 0.585. The van der Waals surface area contributed by atoms with Crippen molar-refractivity contribution in [3.05, 3.63) is 0 Å². The molecule has 2 atom stereocenters. The van der Waals surface area contributed by atoms with E-state index >= 15 is 0 Å². The molecule has 0 aromatic heterocycles. The van der Waals surface area contributed by atoms with Crippen molar-refractivity contribution in [3.63, 3.8) is 0 Å². The van der Waals surface area contributed by atoms with Crippen LogP contribution >= 0.6 is 0 Å². The van der Waals surface area contributed by atoms with Gasteiger partial charge in [0.15, 0.2) is 0 Å². The maximum atomic E-state index is 8.29. The van der Waals surface area contributed by atoms with Crippen LogP contribution in [0.2, 0.25) is 0 Å². The van der Waals surface area contributed by atoms with Crippen LogP contribution < -0.4 is 0 Å². The highest BCUT2D eigenvalue weighted by Crippen LogP contribution is 2.17. The summed E-state index contributed by atoms with van der Waals surface area (Å²) < 4.78 is 0. The molecule has 94 valence electrons. The Morgan fingerprint density at radius 1 is 0.938 bits per heavy atom. The van der Waals surface area contributed by atoms with Crippen LogP contribution in [0.3, 0.4) is 0 Å². The second-order valence-electron chi connectivity index (χ2n) is 4.55. The Bertz CT molecular complexity index is 205. The van der Waals surface area contributed by atoms with Crippen molar-refractivity contribution < 1.29 is 10.4 Å². The third-order valence-corrected chi connectivity index (χ3v) is 2.85. The van der Waals surface area contributed by atoms with Gasteiger partial charge in [0.25, 0.3) is 0 Å². The molecule has 16 heavy (non-hydrogen) atoms. The average Bonchev–Trinajstić information content (AvgIpc) is 2.26. The van der Waals surface area contributed by atoms with Gasteiger partial charge in [0.2, 0.25) is 0 Å². The van der Waals surface area contributed by atoms with Crippen molar-refractivity contribution in [2.75, 3.05) is 0 Å². The number of nitrogens with zero attached hydrogens (tertiary/aromatic N) is 2. The van der Waals surface area contributed by atoms with E-state index in [-0.39, 0.29) is 0 Å². The van der Waals surface area contributed by atoms with Gasteiger partial charge >= 0.3 is 0 Å². The summed E-state index contributed by atoms with van der Waals surface area (Å²) in [5.74, 6) is 1.26. The summed E-state index contributed by atoms with van der Waals surface area (Å²) in [7, 11) is 0. The van der Waals surface area contributed by atoms with E-state index in [1.165, 1.54) is 19.3 Å². The molecular weight excluding hydrogens is 204 g/mol. The quantitative estimate of drug-likeness (QED) is 0.360. The topological polar surface area (TPSA) is 65.2 Å². The van der Waals surface area contributed by atoms with Gasteiger partial charge in [-0.15, -0.1) is 10.3 Å². The van der Waals surface area contributed by atoms with E-state index in [4.69, 9.17) is 10.4 Å². The number of hydrogen-bond donors (Lipinski definition) is 2. The summed E-state index contributed by atoms with van der Waals surface area (Å²) in [6.45, 7) is 4.40. The van der Waals surface area contributed by atoms with Crippen molar-refractivity contribution >= 4 is 12.4 Å². The Balaban J connectivity index is 3.42. The summed E-state index contributed by atoms with van der Waals surface area (Å²) in [6.07, 6.45) is 9.48. The van der Waals surface area contributed by atoms with Gasteiger partial charge < -0.3 is 10.4 Å². The molecule has 0 radical (unpaired) electrons. The highest BCUT2D eigenvalue weighted by molar-refractivity contribution is 5.56. The molecule has 0 heterocycles. The zero-order valence-electron chi connectivity index (χ0n) is 10.3. The lowest BCUT2D eigenvalue weighted by Crippen LogP contribution is -1.99. The minimum Gasteiger partial charge on any atom is -0.411 e. The zero-order valence-corrected chi connectivity index (χ0v) is 10.3. The van der Waals surface area contributed by atoms with Crippen LogP contribution in [-0.2, 0) is 0 Å². The van der Waals surface area contributed by atoms with Crippen LogP contribution in [0.1, 0.15) is 52.4 Å². The van der Waals surface area contributed by atoms with E-state index in [2.05, 4.69) is 24.2 Å². The van der Waals surface area contributed by atoms with Gasteiger partial charge in [0.05, 0.1) is 0 Å². The third kappa shape index (κ3) is 9.49. The summed E-state index contributed by atoms with van der Waals surface area (Å²) in [5, 5.41) is 22.5. The van der Waals surface area contributed by atoms with E-state index < -0.39 is 0 Å². The van der Waals surface area contributed by atoms with Crippen LogP contribution in [0.4, 0.5) is 0 Å². The highest BCUT2D eigenvalue weighted by atomic mass is 16.4. The Kier molecular flexibility index (Phi) is 9.76. The molecule has 0 aliphatic heterocycles. The van der Waals surface area contributed by atoms with Crippen LogP contribution in [-0.4, -0.2) is 22.8 Å². The maximum absolute atomic E-state index is 8.29. The normalized spacial score (nSPS) is 15.9. The molecule has 0 rings (SSSR count). The lowest BCUT2D eigenvalue weighted by Gasteiger charge is -2.11. The number of oxime groups is 2. The first kappa shape index (κ1) is 14.9. The number of rotatable bonds is 9. The molecule has 0 bridgehead atoms. The Labute approximate surface area is 98.0 Å². The van der Waals surface area contributed by atoms with E-state index in [0.717, 1.165) is 19.3 Å². The van der Waals surface area contributed by atoms with Crippen LogP contribution in [0.25, 0.3) is 0 Å². The summed E-state index contributed by atoms with van der Waals surface area (Å²) in [5.41, 5.74) is 0. The van der Waals surface area contributed by atoms with Crippen molar-refractivity contribution in [2.24, 2.45) is 22.1 Å². The van der Waals surface area contributed by atoms with Gasteiger partial charge in [0, 0.05) is 12.4 Å². The second kappa shape index (κ2) is 10.5. The Morgan fingerprint density at radius 2 is 1.56 bits per heavy atom. The van der Waals surface area contributed by atoms with Crippen LogP contribution in [0.5, 0.6) is 0 Å². The molecule has 2 N–H and O–H groups in total. The van der Waals surface area contributed by atoms with Crippen LogP contribution in [0, 0.1) is 11.8 Å². The molecule has 0 saturated heterocycles. The zero-order chi connectivity index (χ0) is 12.2. The fourth-order valence-corrected chi connectivity index (χ4v) is 1.72. The molecule has 0 amide bonds. The minimum atomic E-state index is 0.585. The summed E-state index contributed by atoms with van der Waals surface area (Å²) in [6, 6.07) is 0. The van der Waals surface area contributed by atoms with Gasteiger partial charge in [0.1, 0.15) is 0 Å². The standard InChI is InChI=1S/C12H24N2O2/c1-11(7-4-9-13-15)5-3-6-12(2)8-10-14-16/h9-12,15-16H,3-8H2,1-2H3. The van der Waals surface area contributed by atoms with Crippen LogP contribution in [0.15, 0.2) is 10.3 Å². The van der Waals surface area contributed by atoms with Crippen molar-refractivity contribution in [1.82, 2.24) is 0 Å². The predicted molar refractivity (Wildman–Crippen MR) is 66.6 cm³/mol. The van der Waals surface area contributed by atoms with Gasteiger partial charge in [-0.1, -0.05) is 33.1 Å². The van der Waals surface area contributed by atoms with E-state index in [0.29, 0.717) is 11.8 Å². The van der Waals surface area contributed by atoms with Gasteiger partial charge in [-0.05, 0) is 31.1 Å². The SMILES string of the molecule is CC(CC=NO)CCCC(C)CCC=NO. The number of hydrogen-bond acceptors (Lipinski definition) is 4. The monoisotopic (exact) mass is 228 g/mol. The largest absolute Gasteiger partial charge is 0.411 e. The van der Waals surface area contributed by atoms with E-state index in [1.54, 1.807) is 12.4 Å². The van der Waals surface area contributed by atoms with E-state index in [9.17, 15) is 0 Å². The third-order valence-electron chi connectivity index (χ3n) is 2.85. The molecular formula is C12H24N2O2. The lowest BCUT2D eigenvalue weighted by molar-refractivity contribution is 0.318. The Hall–Kier alpha value is -1.06. The first-order valence-electron chi connectivity index (χ1n) is 6.02. The molecule has 4 heteroatoms. The van der Waals surface area contributed by atoms with Gasteiger partial charge in [-0.3, -0.25) is 0 Å². The molecule has 0 aromatic rings. The van der Waals surface area contributed by atoms with Crippen molar-refractivity contribution in [3.8, 4) is 0 Å². The maximum Gasteiger partial charge on any atom is 0.0438 e.